The first kappa shape index (κ1) is 13.3. The Labute approximate surface area is 110 Å². The number of nitrogens with one attached hydrogen (secondary N) is 1. The van der Waals surface area contributed by atoms with Gasteiger partial charge in [0, 0.05) is 0 Å². The maximum Gasteiger partial charge on any atom is 0.345 e. The predicted molar refractivity (Wildman–Crippen MR) is 60.6 cm³/mol. The third-order valence-corrected chi connectivity index (χ3v) is 2.64. The number of nitrogens with zero attached hydrogens (tertiary/aromatic N) is 4. The smallest absolute Gasteiger partial charge is 0.345 e. The van der Waals surface area contributed by atoms with Gasteiger partial charge in [0.1, 0.15) is 22.5 Å². The van der Waals surface area contributed by atoms with Gasteiger partial charge in [-0.1, -0.05) is 11.6 Å². The first-order chi connectivity index (χ1) is 9.04. The molecule has 0 atom stereocenters. The average molecular weight is 289 g/mol. The van der Waals surface area contributed by atoms with Crippen molar-refractivity contribution in [2.24, 2.45) is 0 Å². The van der Waals surface area contributed by atoms with Crippen LogP contribution < -0.4 is 5.73 Å². The molecule has 10 heteroatoms. The van der Waals surface area contributed by atoms with Crippen molar-refractivity contribution in [3.8, 4) is 11.9 Å². The van der Waals surface area contributed by atoms with Gasteiger partial charge in [-0.3, -0.25) is 5.10 Å². The fraction of sp³-hybridized carbons (Fsp3) is 0.222. The largest absolute Gasteiger partial charge is 0.382 e. The van der Waals surface area contributed by atoms with Crippen molar-refractivity contribution in [2.45, 2.75) is 13.2 Å². The molecule has 7 nitrogen and oxygen atoms in total. The molecule has 100 valence electrons. The number of hydrogen-bond acceptors (Lipinski definition) is 5. The van der Waals surface area contributed by atoms with Crippen molar-refractivity contribution in [1.82, 2.24) is 20.0 Å². The minimum atomic E-state index is -2.91. The van der Waals surface area contributed by atoms with Crippen LogP contribution in [0.1, 0.15) is 11.3 Å². The van der Waals surface area contributed by atoms with E-state index < -0.39 is 13.2 Å². The van der Waals surface area contributed by atoms with Gasteiger partial charge in [0.15, 0.2) is 5.82 Å². The van der Waals surface area contributed by atoms with Crippen molar-refractivity contribution >= 4 is 17.4 Å². The lowest BCUT2D eigenvalue weighted by atomic mass is 10.4. The molecule has 0 aliphatic carbocycles. The molecule has 0 aromatic carbocycles. The van der Waals surface area contributed by atoms with E-state index in [2.05, 4.69) is 20.0 Å². The highest BCUT2D eigenvalue weighted by molar-refractivity contribution is 6.32. The fourth-order valence-electron chi connectivity index (χ4n) is 1.35. The van der Waals surface area contributed by atoms with E-state index in [9.17, 15) is 8.78 Å². The normalized spacial score (nSPS) is 10.9. The highest BCUT2D eigenvalue weighted by Crippen LogP contribution is 2.25. The third-order valence-electron chi connectivity index (χ3n) is 2.24. The summed E-state index contributed by atoms with van der Waals surface area (Å²) in [5, 5.41) is 18.9. The van der Waals surface area contributed by atoms with Crippen LogP contribution in [0.2, 0.25) is 5.02 Å². The summed E-state index contributed by atoms with van der Waals surface area (Å²) in [6.45, 7) is -3.35. The fourth-order valence-corrected chi connectivity index (χ4v) is 1.57. The van der Waals surface area contributed by atoms with Gasteiger partial charge in [-0.05, 0) is 0 Å². The quantitative estimate of drug-likeness (QED) is 0.885. The molecule has 3 N–H and O–H groups in total. The second kappa shape index (κ2) is 5.21. The van der Waals surface area contributed by atoms with Crippen LogP contribution >= 0.6 is 11.6 Å². The number of ether oxygens (including phenoxy) is 1. The Morgan fingerprint density at radius 1 is 1.63 bits per heavy atom. The summed E-state index contributed by atoms with van der Waals surface area (Å²) < 4.78 is 29.1. The van der Waals surface area contributed by atoms with Crippen molar-refractivity contribution < 1.29 is 13.5 Å². The number of aromatic nitrogens is 4. The number of nitriles is 1. The molecule has 2 rings (SSSR count). The highest BCUT2D eigenvalue weighted by atomic mass is 35.5. The Morgan fingerprint density at radius 2 is 2.37 bits per heavy atom. The monoisotopic (exact) mass is 288 g/mol. The van der Waals surface area contributed by atoms with Gasteiger partial charge in [-0.25, -0.2) is 0 Å². The highest BCUT2D eigenvalue weighted by Gasteiger charge is 2.18. The average Bonchev–Trinajstić information content (AvgIpc) is 2.90. The van der Waals surface area contributed by atoms with Crippen LogP contribution in [-0.4, -0.2) is 26.6 Å². The van der Waals surface area contributed by atoms with Crippen LogP contribution in [-0.2, 0) is 11.3 Å². The Morgan fingerprint density at radius 3 is 2.95 bits per heavy atom. The summed E-state index contributed by atoms with van der Waals surface area (Å²) in [7, 11) is 0. The van der Waals surface area contributed by atoms with Crippen LogP contribution in [0, 0.1) is 11.3 Å². The van der Waals surface area contributed by atoms with E-state index in [0.717, 1.165) is 4.68 Å². The molecule has 2 heterocycles. The zero-order valence-corrected chi connectivity index (χ0v) is 10.0. The number of nitrogens with two attached hydrogens (primary N) is 1. The maximum atomic E-state index is 11.9. The van der Waals surface area contributed by atoms with Gasteiger partial charge in [-0.2, -0.15) is 28.9 Å². The van der Waals surface area contributed by atoms with Crippen molar-refractivity contribution in [3.63, 3.8) is 0 Å². The number of hydrogen-bond donors (Lipinski definition) is 2. The number of nitrogen functional groups attached to an aromatic ring is 1. The molecule has 0 aliphatic rings. The number of aromatic amines is 1. The summed E-state index contributed by atoms with van der Waals surface area (Å²) in [6.07, 6.45) is 1.25. The standard InChI is InChI=1S/C9H7ClF2N6O/c10-6-5(3-19-9(11)12)16-17-8(6)18-7(14)4(1-13)2-15-18/h2,9H,3,14H2,(H,16,17). The summed E-state index contributed by atoms with van der Waals surface area (Å²) in [6, 6.07) is 1.84. The van der Waals surface area contributed by atoms with Gasteiger partial charge in [0.2, 0.25) is 0 Å². The van der Waals surface area contributed by atoms with Crippen molar-refractivity contribution in [2.75, 3.05) is 5.73 Å². The molecule has 0 amide bonds. The molecule has 2 aromatic heterocycles. The second-order valence-corrected chi connectivity index (χ2v) is 3.76. The Balaban J connectivity index is 2.31. The number of halogens is 3. The SMILES string of the molecule is N#Cc1cnn(-c2n[nH]c(COC(F)F)c2Cl)c1N. The van der Waals surface area contributed by atoms with Gasteiger partial charge in [0.05, 0.1) is 18.5 Å². The van der Waals surface area contributed by atoms with E-state index in [-0.39, 0.29) is 27.9 Å². The lowest BCUT2D eigenvalue weighted by molar-refractivity contribution is -0.137. The maximum absolute atomic E-state index is 11.9. The van der Waals surface area contributed by atoms with Gasteiger partial charge >= 0.3 is 6.61 Å². The van der Waals surface area contributed by atoms with Crippen LogP contribution in [0.25, 0.3) is 5.82 Å². The lowest BCUT2D eigenvalue weighted by Gasteiger charge is -2.01. The summed E-state index contributed by atoms with van der Waals surface area (Å²) in [4.78, 5) is 0. The molecular weight excluding hydrogens is 282 g/mol. The molecule has 0 fully saturated rings. The minimum absolute atomic E-state index is 0.0416. The zero-order valence-electron chi connectivity index (χ0n) is 9.27. The number of rotatable bonds is 4. The molecule has 0 radical (unpaired) electrons. The first-order valence-electron chi connectivity index (χ1n) is 4.91. The van der Waals surface area contributed by atoms with Crippen LogP contribution in [0.5, 0.6) is 0 Å². The Kier molecular flexibility index (Phi) is 3.64. The van der Waals surface area contributed by atoms with E-state index in [4.69, 9.17) is 22.6 Å². The van der Waals surface area contributed by atoms with E-state index in [1.54, 1.807) is 0 Å². The van der Waals surface area contributed by atoms with E-state index >= 15 is 0 Å². The molecular formula is C9H7ClF2N6O. The van der Waals surface area contributed by atoms with E-state index in [1.165, 1.54) is 6.20 Å². The number of anilines is 1. The second-order valence-electron chi connectivity index (χ2n) is 3.38. The molecule has 0 unspecified atom stereocenters. The number of H-pyrrole nitrogens is 1. The molecule has 0 saturated heterocycles. The summed E-state index contributed by atoms with van der Waals surface area (Å²) >= 11 is 5.95. The molecule has 2 aromatic rings. The topological polar surface area (TPSA) is 106 Å². The molecule has 0 spiro atoms. The molecule has 0 aliphatic heterocycles. The lowest BCUT2D eigenvalue weighted by Crippen LogP contribution is -2.03. The van der Waals surface area contributed by atoms with Crippen LogP contribution in [0.15, 0.2) is 6.20 Å². The summed E-state index contributed by atoms with van der Waals surface area (Å²) in [5.41, 5.74) is 5.98. The van der Waals surface area contributed by atoms with Crippen molar-refractivity contribution in [3.05, 3.63) is 22.5 Å². The van der Waals surface area contributed by atoms with Gasteiger partial charge in [0.25, 0.3) is 0 Å². The summed E-state index contributed by atoms with van der Waals surface area (Å²) in [5.74, 6) is 0.158. The zero-order chi connectivity index (χ0) is 14.0. The Hall–Kier alpha value is -2.18. The van der Waals surface area contributed by atoms with Crippen molar-refractivity contribution in [1.29, 1.82) is 5.26 Å². The van der Waals surface area contributed by atoms with E-state index in [0.29, 0.717) is 0 Å². The van der Waals surface area contributed by atoms with Crippen LogP contribution in [0.3, 0.4) is 0 Å². The Bertz CT molecular complexity index is 631. The van der Waals surface area contributed by atoms with Gasteiger partial charge in [-0.15, -0.1) is 0 Å². The third kappa shape index (κ3) is 2.49. The van der Waals surface area contributed by atoms with E-state index in [1.807, 2.05) is 6.07 Å². The molecule has 0 saturated carbocycles. The minimum Gasteiger partial charge on any atom is -0.382 e. The van der Waals surface area contributed by atoms with Gasteiger partial charge < -0.3 is 10.5 Å². The van der Waals surface area contributed by atoms with Crippen LogP contribution in [0.4, 0.5) is 14.6 Å². The molecule has 0 bridgehead atoms. The first-order valence-corrected chi connectivity index (χ1v) is 5.28. The molecule has 19 heavy (non-hydrogen) atoms. The number of alkyl halides is 2. The predicted octanol–water partition coefficient (Wildman–Crippen LogP) is 1.44.